The fourth-order valence-electron chi connectivity index (χ4n) is 3.80. The Morgan fingerprint density at radius 1 is 1.32 bits per heavy atom. The van der Waals surface area contributed by atoms with Gasteiger partial charge in [-0.2, -0.15) is 0 Å². The van der Waals surface area contributed by atoms with E-state index in [4.69, 9.17) is 5.73 Å². The van der Waals surface area contributed by atoms with E-state index < -0.39 is 23.8 Å². The van der Waals surface area contributed by atoms with Crippen molar-refractivity contribution >= 4 is 29.5 Å². The zero-order chi connectivity index (χ0) is 20.1. The molecule has 1 aromatic carbocycles. The van der Waals surface area contributed by atoms with Crippen molar-refractivity contribution in [1.29, 1.82) is 0 Å². The number of tetrazole rings is 1. The van der Waals surface area contributed by atoms with Gasteiger partial charge >= 0.3 is 0 Å². The summed E-state index contributed by atoms with van der Waals surface area (Å²) in [7, 11) is 0. The number of carbonyl (C=O) groups excluding carboxylic acids is 3. The quantitative estimate of drug-likeness (QED) is 0.460. The van der Waals surface area contributed by atoms with Gasteiger partial charge in [0.05, 0.1) is 0 Å². The number of primary amides is 1. The average Bonchev–Trinajstić information content (AvgIpc) is 3.24. The van der Waals surface area contributed by atoms with Crippen molar-refractivity contribution in [3.05, 3.63) is 41.7 Å². The van der Waals surface area contributed by atoms with Crippen LogP contribution in [0.2, 0.25) is 0 Å². The third-order valence-corrected chi connectivity index (χ3v) is 6.61. The number of thioether (sulfide) groups is 1. The van der Waals surface area contributed by atoms with Crippen LogP contribution in [0.25, 0.3) is 0 Å². The van der Waals surface area contributed by atoms with Gasteiger partial charge in [-0.15, -0.1) is 16.9 Å². The number of nitrogens with zero attached hydrogens (tertiary/aromatic N) is 4. The summed E-state index contributed by atoms with van der Waals surface area (Å²) < 4.78 is -0.358. The van der Waals surface area contributed by atoms with E-state index in [0.717, 1.165) is 0 Å². The number of nitrogens with two attached hydrogens (primary N) is 1. The number of hydrogen-bond donors (Lipinski definition) is 3. The van der Waals surface area contributed by atoms with Crippen LogP contribution in [0, 0.1) is 0 Å². The molecule has 4 N–H and O–H groups in total. The van der Waals surface area contributed by atoms with Gasteiger partial charge in [-0.05, 0) is 29.8 Å². The molecule has 3 heterocycles. The van der Waals surface area contributed by atoms with Crippen molar-refractivity contribution < 1.29 is 14.4 Å². The number of benzene rings is 1. The molecule has 3 unspecified atom stereocenters. The first kappa shape index (κ1) is 18.4. The molecular formula is C17H19N7O3S. The lowest BCUT2D eigenvalue weighted by Gasteiger charge is -2.44. The molecule has 0 bridgehead atoms. The van der Waals surface area contributed by atoms with Gasteiger partial charge in [-0.3, -0.25) is 14.4 Å². The van der Waals surface area contributed by atoms with Crippen LogP contribution in [0.3, 0.4) is 0 Å². The largest absolute Gasteiger partial charge is 0.369 e. The summed E-state index contributed by atoms with van der Waals surface area (Å²) in [5.41, 5.74) is 5.94. The summed E-state index contributed by atoms with van der Waals surface area (Å²) >= 11 is 1.55. The van der Waals surface area contributed by atoms with E-state index >= 15 is 0 Å². The Balaban J connectivity index is 1.54. The van der Waals surface area contributed by atoms with Crippen LogP contribution in [0.5, 0.6) is 0 Å². The summed E-state index contributed by atoms with van der Waals surface area (Å²) in [5.74, 6) is -2.25. The molecule has 28 heavy (non-hydrogen) atoms. The third-order valence-electron chi connectivity index (χ3n) is 5.04. The normalized spacial score (nSPS) is 26.3. The van der Waals surface area contributed by atoms with E-state index in [1.54, 1.807) is 47.0 Å². The van der Waals surface area contributed by atoms with Crippen LogP contribution in [0.15, 0.2) is 30.3 Å². The SMILES string of the molecule is CC1(C)S[C@@H]2C(NC(=O)C(C(N)=O)c3ccccc3)C(=O)N2C1c1nnn[nH]1. The van der Waals surface area contributed by atoms with Gasteiger partial charge in [-0.25, -0.2) is 5.10 Å². The van der Waals surface area contributed by atoms with Crippen molar-refractivity contribution in [3.63, 3.8) is 0 Å². The minimum atomic E-state index is -1.16. The number of aromatic nitrogens is 4. The number of amides is 3. The lowest BCUT2D eigenvalue weighted by molar-refractivity contribution is -0.152. The van der Waals surface area contributed by atoms with Crippen LogP contribution in [-0.4, -0.2) is 59.4 Å². The molecule has 4 atom stereocenters. The zero-order valence-corrected chi connectivity index (χ0v) is 16.0. The Bertz CT molecular complexity index is 918. The molecule has 146 valence electrons. The van der Waals surface area contributed by atoms with E-state index in [1.165, 1.54) is 0 Å². The number of H-pyrrole nitrogens is 1. The fraction of sp³-hybridized carbons (Fsp3) is 0.412. The average molecular weight is 401 g/mol. The van der Waals surface area contributed by atoms with Crippen LogP contribution in [-0.2, 0) is 14.4 Å². The molecule has 0 spiro atoms. The first-order chi connectivity index (χ1) is 13.3. The third kappa shape index (κ3) is 2.82. The lowest BCUT2D eigenvalue weighted by Crippen LogP contribution is -2.68. The fourth-order valence-corrected chi connectivity index (χ4v) is 5.44. The summed E-state index contributed by atoms with van der Waals surface area (Å²) in [6.07, 6.45) is 0. The maximum atomic E-state index is 12.8. The van der Waals surface area contributed by atoms with Crippen molar-refractivity contribution in [3.8, 4) is 0 Å². The predicted molar refractivity (Wildman–Crippen MR) is 99.5 cm³/mol. The molecule has 3 amide bonds. The Kier molecular flexibility index (Phi) is 4.33. The summed E-state index contributed by atoms with van der Waals surface area (Å²) in [4.78, 5) is 39.1. The van der Waals surface area contributed by atoms with E-state index in [-0.39, 0.29) is 22.1 Å². The molecule has 0 radical (unpaired) electrons. The molecule has 2 saturated heterocycles. The van der Waals surface area contributed by atoms with Crippen molar-refractivity contribution in [2.75, 3.05) is 0 Å². The lowest BCUT2D eigenvalue weighted by atomic mass is 9.93. The minimum Gasteiger partial charge on any atom is -0.369 e. The predicted octanol–water partition coefficient (Wildman–Crippen LogP) is -0.312. The second-order valence-electron chi connectivity index (χ2n) is 7.28. The van der Waals surface area contributed by atoms with Gasteiger partial charge in [0.25, 0.3) is 0 Å². The van der Waals surface area contributed by atoms with Gasteiger partial charge < -0.3 is 16.0 Å². The van der Waals surface area contributed by atoms with Crippen molar-refractivity contribution in [1.82, 2.24) is 30.8 Å². The van der Waals surface area contributed by atoms with Crippen molar-refractivity contribution in [2.24, 2.45) is 5.73 Å². The standard InChI is InChI=1S/C17H19N7O3S/c1-17(2)11(13-20-22-23-21-13)24-15(27)10(16(24)28-17)19-14(26)9(12(18)25)8-6-4-3-5-7-8/h3-7,9-11,16H,1-2H3,(H2,18,25)(H,19,26)(H,20,21,22,23)/t9?,10?,11?,16-/m1/s1. The highest BCUT2D eigenvalue weighted by molar-refractivity contribution is 8.01. The summed E-state index contributed by atoms with van der Waals surface area (Å²) in [5, 5.41) is 16.3. The second-order valence-corrected chi connectivity index (χ2v) is 9.05. The van der Waals surface area contributed by atoms with Crippen LogP contribution >= 0.6 is 11.8 Å². The Labute approximate surface area is 164 Å². The number of fused-ring (bicyclic) bond motifs is 1. The Hall–Kier alpha value is -2.95. The van der Waals surface area contributed by atoms with Gasteiger partial charge in [0.1, 0.15) is 23.4 Å². The molecule has 2 aliphatic heterocycles. The van der Waals surface area contributed by atoms with Crippen LogP contribution in [0.1, 0.15) is 37.2 Å². The Morgan fingerprint density at radius 2 is 2.04 bits per heavy atom. The number of β-lactam (4-membered cyclic amide) rings is 1. The highest BCUT2D eigenvalue weighted by atomic mass is 32.2. The second kappa shape index (κ2) is 6.59. The number of aromatic amines is 1. The molecule has 4 rings (SSSR count). The summed E-state index contributed by atoms with van der Waals surface area (Å²) in [6, 6.07) is 7.47. The molecule has 2 aromatic rings. The number of nitrogens with one attached hydrogen (secondary N) is 2. The highest BCUT2D eigenvalue weighted by Crippen LogP contribution is 2.56. The van der Waals surface area contributed by atoms with Gasteiger partial charge in [0.2, 0.25) is 17.7 Å². The van der Waals surface area contributed by atoms with Crippen LogP contribution < -0.4 is 11.1 Å². The Morgan fingerprint density at radius 3 is 2.64 bits per heavy atom. The van der Waals surface area contributed by atoms with Gasteiger partial charge in [-0.1, -0.05) is 30.3 Å². The zero-order valence-electron chi connectivity index (χ0n) is 15.2. The minimum absolute atomic E-state index is 0.242. The molecule has 0 saturated carbocycles. The number of carbonyl (C=O) groups is 3. The van der Waals surface area contributed by atoms with E-state index in [2.05, 4.69) is 25.9 Å². The van der Waals surface area contributed by atoms with Crippen molar-refractivity contribution in [2.45, 2.75) is 42.0 Å². The van der Waals surface area contributed by atoms with Crippen LogP contribution in [0.4, 0.5) is 0 Å². The molecule has 11 heteroatoms. The molecule has 10 nitrogen and oxygen atoms in total. The molecule has 2 fully saturated rings. The maximum Gasteiger partial charge on any atom is 0.249 e. The van der Waals surface area contributed by atoms with E-state index in [1.807, 2.05) is 13.8 Å². The monoisotopic (exact) mass is 401 g/mol. The number of rotatable bonds is 5. The summed E-state index contributed by atoms with van der Waals surface area (Å²) in [6.45, 7) is 3.98. The van der Waals surface area contributed by atoms with E-state index in [0.29, 0.717) is 11.4 Å². The molecule has 2 aliphatic rings. The first-order valence-electron chi connectivity index (χ1n) is 8.69. The van der Waals surface area contributed by atoms with E-state index in [9.17, 15) is 14.4 Å². The maximum absolute atomic E-state index is 12.8. The highest BCUT2D eigenvalue weighted by Gasteiger charge is 2.63. The molecule has 1 aromatic heterocycles. The number of hydrogen-bond acceptors (Lipinski definition) is 7. The smallest absolute Gasteiger partial charge is 0.249 e. The first-order valence-corrected chi connectivity index (χ1v) is 9.57. The topological polar surface area (TPSA) is 147 Å². The van der Waals surface area contributed by atoms with Gasteiger partial charge in [0, 0.05) is 4.75 Å². The molecular weight excluding hydrogens is 382 g/mol. The van der Waals surface area contributed by atoms with Gasteiger partial charge in [0.15, 0.2) is 5.82 Å². The molecule has 0 aliphatic carbocycles.